The Balaban J connectivity index is 2.65. The molecule has 0 spiro atoms. The summed E-state index contributed by atoms with van der Waals surface area (Å²) in [6.07, 6.45) is 1.01. The molecular formula is C15H27BO3Si. The quantitative estimate of drug-likeness (QED) is 0.819. The predicted octanol–water partition coefficient (Wildman–Crippen LogP) is 2.32. The molecule has 0 bridgehead atoms. The Morgan fingerprint density at radius 1 is 1.15 bits per heavy atom. The van der Waals surface area contributed by atoms with Crippen LogP contribution in [-0.4, -0.2) is 31.6 Å². The highest BCUT2D eigenvalue weighted by Crippen LogP contribution is 2.37. The van der Waals surface area contributed by atoms with Gasteiger partial charge >= 0.3 is 7.12 Å². The molecule has 1 atom stereocenters. The lowest BCUT2D eigenvalue weighted by Crippen LogP contribution is -2.43. The molecule has 0 aliphatic heterocycles. The van der Waals surface area contributed by atoms with Crippen LogP contribution in [0.3, 0.4) is 0 Å². The fourth-order valence-electron chi connectivity index (χ4n) is 1.88. The van der Waals surface area contributed by atoms with E-state index < -0.39 is 15.4 Å². The molecular weight excluding hydrogens is 267 g/mol. The second kappa shape index (κ2) is 6.43. The summed E-state index contributed by atoms with van der Waals surface area (Å²) < 4.78 is 6.32. The molecule has 2 N–H and O–H groups in total. The number of hydrogen-bond acceptors (Lipinski definition) is 3. The molecule has 3 nitrogen and oxygen atoms in total. The summed E-state index contributed by atoms with van der Waals surface area (Å²) in [6, 6.07) is 7.36. The molecule has 1 unspecified atom stereocenters. The molecule has 1 rings (SSSR count). The molecule has 0 aliphatic rings. The van der Waals surface area contributed by atoms with Gasteiger partial charge in [0, 0.05) is 6.10 Å². The van der Waals surface area contributed by atoms with Crippen LogP contribution in [0.15, 0.2) is 24.3 Å². The zero-order valence-electron chi connectivity index (χ0n) is 13.5. The van der Waals surface area contributed by atoms with Crippen molar-refractivity contribution < 1.29 is 14.5 Å². The Morgan fingerprint density at radius 2 is 1.65 bits per heavy atom. The molecule has 0 heterocycles. The third-order valence-corrected chi connectivity index (χ3v) is 8.71. The van der Waals surface area contributed by atoms with Gasteiger partial charge in [-0.3, -0.25) is 0 Å². The van der Waals surface area contributed by atoms with Crippen molar-refractivity contribution >= 4 is 20.9 Å². The minimum atomic E-state index is -1.73. The van der Waals surface area contributed by atoms with Gasteiger partial charge in [-0.1, -0.05) is 45.0 Å². The van der Waals surface area contributed by atoms with Gasteiger partial charge in [0.25, 0.3) is 0 Å². The van der Waals surface area contributed by atoms with Crippen molar-refractivity contribution in [3.8, 4) is 0 Å². The van der Waals surface area contributed by atoms with E-state index in [9.17, 15) is 0 Å². The smallest absolute Gasteiger partial charge is 0.423 e. The first kappa shape index (κ1) is 17.4. The van der Waals surface area contributed by atoms with Crippen LogP contribution in [-0.2, 0) is 10.8 Å². The van der Waals surface area contributed by atoms with Crippen molar-refractivity contribution in [2.45, 2.75) is 58.4 Å². The van der Waals surface area contributed by atoms with E-state index in [0.29, 0.717) is 5.46 Å². The first-order chi connectivity index (χ1) is 9.03. The van der Waals surface area contributed by atoms with Crippen LogP contribution >= 0.6 is 0 Å². The highest BCUT2D eigenvalue weighted by Gasteiger charge is 2.38. The molecule has 0 fully saturated rings. The second-order valence-electron chi connectivity index (χ2n) is 7.01. The minimum absolute atomic E-state index is 0.167. The summed E-state index contributed by atoms with van der Waals surface area (Å²) in [6.45, 7) is 13.3. The van der Waals surface area contributed by atoms with E-state index in [1.54, 1.807) is 12.1 Å². The van der Waals surface area contributed by atoms with E-state index in [-0.39, 0.29) is 11.1 Å². The van der Waals surface area contributed by atoms with Crippen LogP contribution in [0, 0.1) is 0 Å². The molecule has 0 saturated heterocycles. The molecule has 0 aliphatic carbocycles. The summed E-state index contributed by atoms with van der Waals surface area (Å²) >= 11 is 0. The molecule has 0 radical (unpaired) electrons. The Labute approximate surface area is 124 Å². The third kappa shape index (κ3) is 4.74. The van der Waals surface area contributed by atoms with Gasteiger partial charge < -0.3 is 14.5 Å². The lowest BCUT2D eigenvalue weighted by molar-refractivity contribution is 0.199. The van der Waals surface area contributed by atoms with Gasteiger partial charge in [0.05, 0.1) is 0 Å². The lowest BCUT2D eigenvalue weighted by Gasteiger charge is -2.38. The maximum atomic E-state index is 9.08. The Kier molecular flexibility index (Phi) is 5.61. The Bertz CT molecular complexity index is 424. The molecule has 0 aromatic heterocycles. The topological polar surface area (TPSA) is 49.7 Å². The summed E-state index contributed by atoms with van der Waals surface area (Å²) in [4.78, 5) is 0. The monoisotopic (exact) mass is 294 g/mol. The van der Waals surface area contributed by atoms with Crippen LogP contribution in [0.4, 0.5) is 0 Å². The normalized spacial score (nSPS) is 14.2. The zero-order chi connectivity index (χ0) is 15.6. The van der Waals surface area contributed by atoms with E-state index in [0.717, 1.165) is 12.0 Å². The number of rotatable bonds is 5. The maximum absolute atomic E-state index is 9.08. The van der Waals surface area contributed by atoms with E-state index in [4.69, 9.17) is 14.5 Å². The van der Waals surface area contributed by atoms with Crippen molar-refractivity contribution in [1.29, 1.82) is 0 Å². The third-order valence-electron chi connectivity index (χ3n) is 4.10. The van der Waals surface area contributed by atoms with Gasteiger partial charge in [-0.2, -0.15) is 0 Å². The Hall–Kier alpha value is -0.618. The second-order valence-corrected chi connectivity index (χ2v) is 11.8. The molecule has 5 heteroatoms. The van der Waals surface area contributed by atoms with Gasteiger partial charge in [0.15, 0.2) is 8.32 Å². The van der Waals surface area contributed by atoms with Crippen LogP contribution in [0.5, 0.6) is 0 Å². The minimum Gasteiger partial charge on any atom is -0.423 e. The van der Waals surface area contributed by atoms with Gasteiger partial charge in [0.1, 0.15) is 0 Å². The van der Waals surface area contributed by atoms with Crippen LogP contribution in [0.25, 0.3) is 0 Å². The van der Waals surface area contributed by atoms with Crippen LogP contribution in [0.1, 0.15) is 33.3 Å². The van der Waals surface area contributed by atoms with Crippen LogP contribution in [0.2, 0.25) is 18.1 Å². The Morgan fingerprint density at radius 3 is 2.05 bits per heavy atom. The van der Waals surface area contributed by atoms with E-state index >= 15 is 0 Å². The summed E-state index contributed by atoms with van der Waals surface area (Å²) in [7, 11) is -3.13. The number of benzene rings is 1. The maximum Gasteiger partial charge on any atom is 0.488 e. The van der Waals surface area contributed by atoms with Gasteiger partial charge in [0.2, 0.25) is 0 Å². The van der Waals surface area contributed by atoms with Crippen molar-refractivity contribution in [3.63, 3.8) is 0 Å². The standard InChI is InChI=1S/C15H27BO3Si/c1-12(19-20(5,6)15(2,3)4)11-13-7-9-14(10-8-13)16(17)18/h7-10,12,17-18H,11H2,1-6H3. The van der Waals surface area contributed by atoms with Crippen molar-refractivity contribution in [2.24, 2.45) is 0 Å². The summed E-state index contributed by atoms with van der Waals surface area (Å²) in [5.74, 6) is 0. The van der Waals surface area contributed by atoms with Crippen molar-refractivity contribution in [1.82, 2.24) is 0 Å². The van der Waals surface area contributed by atoms with Gasteiger partial charge in [-0.15, -0.1) is 0 Å². The molecule has 0 saturated carbocycles. The van der Waals surface area contributed by atoms with Gasteiger partial charge in [-0.25, -0.2) is 0 Å². The van der Waals surface area contributed by atoms with Crippen molar-refractivity contribution in [3.05, 3.63) is 29.8 Å². The van der Waals surface area contributed by atoms with Gasteiger partial charge in [-0.05, 0) is 42.5 Å². The van der Waals surface area contributed by atoms with E-state index in [1.165, 1.54) is 0 Å². The molecule has 0 amide bonds. The molecule has 1 aromatic rings. The highest BCUT2D eigenvalue weighted by molar-refractivity contribution is 6.74. The largest absolute Gasteiger partial charge is 0.488 e. The average molecular weight is 294 g/mol. The summed E-state index contributed by atoms with van der Waals surface area (Å²) in [5, 5.41) is 18.4. The fourth-order valence-corrected chi connectivity index (χ4v) is 3.32. The molecule has 1 aromatic carbocycles. The number of hydrogen-bond donors (Lipinski definition) is 2. The predicted molar refractivity (Wildman–Crippen MR) is 87.7 cm³/mol. The van der Waals surface area contributed by atoms with E-state index in [1.807, 2.05) is 12.1 Å². The first-order valence-corrected chi connectivity index (χ1v) is 10.1. The zero-order valence-corrected chi connectivity index (χ0v) is 14.5. The molecule has 20 heavy (non-hydrogen) atoms. The molecule has 112 valence electrons. The lowest BCUT2D eigenvalue weighted by atomic mass is 9.80. The summed E-state index contributed by atoms with van der Waals surface area (Å²) in [5.41, 5.74) is 1.67. The fraction of sp³-hybridized carbons (Fsp3) is 0.600. The first-order valence-electron chi connectivity index (χ1n) is 7.16. The highest BCUT2D eigenvalue weighted by atomic mass is 28.4. The van der Waals surface area contributed by atoms with E-state index in [2.05, 4.69) is 40.8 Å². The average Bonchev–Trinajstić information content (AvgIpc) is 2.27. The van der Waals surface area contributed by atoms with Crippen molar-refractivity contribution in [2.75, 3.05) is 0 Å². The SMILES string of the molecule is CC(Cc1ccc(B(O)O)cc1)O[Si](C)(C)C(C)(C)C. The van der Waals surface area contributed by atoms with Crippen LogP contribution < -0.4 is 5.46 Å².